The van der Waals surface area contributed by atoms with Crippen molar-refractivity contribution in [1.82, 2.24) is 4.57 Å². The molecule has 8 nitrogen and oxygen atoms in total. The molecule has 0 saturated carbocycles. The van der Waals surface area contributed by atoms with E-state index < -0.39 is 23.4 Å². The topological polar surface area (TPSA) is 113 Å². The normalized spacial score (nSPS) is 14.9. The first kappa shape index (κ1) is 28.6. The van der Waals surface area contributed by atoms with Crippen LogP contribution in [0.25, 0.3) is 17.5 Å². The molecule has 0 radical (unpaired) electrons. The first-order valence-electron chi connectivity index (χ1n) is 13.4. The number of nitrogens with two attached hydrogens (primary N) is 1. The van der Waals surface area contributed by atoms with E-state index in [9.17, 15) is 14.4 Å². The fourth-order valence-corrected chi connectivity index (χ4v) is 6.03. The lowest BCUT2D eigenvalue weighted by Crippen LogP contribution is -2.42. The number of aryl methyl sites for hydroxylation is 2. The molecule has 0 fully saturated rings. The van der Waals surface area contributed by atoms with Gasteiger partial charge in [-0.3, -0.25) is 14.2 Å². The molecule has 1 aromatic heterocycles. The predicted octanol–water partition coefficient (Wildman–Crippen LogP) is 3.64. The van der Waals surface area contributed by atoms with E-state index in [4.69, 9.17) is 15.2 Å². The number of benzene rings is 3. The Morgan fingerprint density at radius 3 is 2.17 bits per heavy atom. The van der Waals surface area contributed by atoms with Crippen molar-refractivity contribution in [3.63, 3.8) is 0 Å². The van der Waals surface area contributed by atoms with Crippen molar-refractivity contribution in [2.75, 3.05) is 19.0 Å². The number of anilines is 1. The van der Waals surface area contributed by atoms with Gasteiger partial charge in [-0.15, -0.1) is 11.3 Å². The molecule has 0 aliphatic carbocycles. The summed E-state index contributed by atoms with van der Waals surface area (Å²) in [5.41, 5.74) is 10.6. The lowest BCUT2D eigenvalue weighted by atomic mass is 9.82. The molecule has 4 aromatic rings. The van der Waals surface area contributed by atoms with Crippen LogP contribution in [0, 0.1) is 13.8 Å². The molecule has 0 bridgehead atoms. The van der Waals surface area contributed by atoms with Crippen molar-refractivity contribution in [3.05, 3.63) is 120 Å². The van der Waals surface area contributed by atoms with Crippen LogP contribution in [0.1, 0.15) is 35.1 Å². The van der Waals surface area contributed by atoms with Gasteiger partial charge in [-0.2, -0.15) is 0 Å². The Morgan fingerprint density at radius 2 is 1.57 bits per heavy atom. The summed E-state index contributed by atoms with van der Waals surface area (Å²) in [5, 5.41) is 2.94. The van der Waals surface area contributed by atoms with E-state index in [1.54, 1.807) is 44.4 Å². The van der Waals surface area contributed by atoms with Crippen LogP contribution in [-0.2, 0) is 14.3 Å². The Balaban J connectivity index is 1.80. The van der Waals surface area contributed by atoms with Gasteiger partial charge in [0.15, 0.2) is 0 Å². The molecular formula is C33H31N3O5S. The van der Waals surface area contributed by atoms with Crippen molar-refractivity contribution in [3.8, 4) is 5.75 Å². The Morgan fingerprint density at radius 1 is 0.952 bits per heavy atom. The van der Waals surface area contributed by atoms with Crippen molar-refractivity contribution in [1.29, 1.82) is 0 Å². The first-order valence-corrected chi connectivity index (χ1v) is 14.3. The summed E-state index contributed by atoms with van der Waals surface area (Å²) in [4.78, 5) is 41.5. The van der Waals surface area contributed by atoms with E-state index in [1.807, 2.05) is 62.4 Å². The summed E-state index contributed by atoms with van der Waals surface area (Å²) in [7, 11) is 1.56. The summed E-state index contributed by atoms with van der Waals surface area (Å²) < 4.78 is 12.6. The zero-order valence-corrected chi connectivity index (χ0v) is 24.6. The summed E-state index contributed by atoms with van der Waals surface area (Å²) in [6.45, 7) is 5.72. The second kappa shape index (κ2) is 11.9. The molecule has 0 saturated heterocycles. The fourth-order valence-electron chi connectivity index (χ4n) is 4.86. The van der Waals surface area contributed by atoms with E-state index in [0.29, 0.717) is 26.2 Å². The smallest absolute Gasteiger partial charge is 0.338 e. The van der Waals surface area contributed by atoms with Crippen LogP contribution < -0.4 is 30.5 Å². The van der Waals surface area contributed by atoms with Gasteiger partial charge in [0.25, 0.3) is 11.5 Å². The summed E-state index contributed by atoms with van der Waals surface area (Å²) >= 11 is 1.16. The van der Waals surface area contributed by atoms with Crippen LogP contribution >= 0.6 is 11.3 Å². The number of esters is 1. The second-order valence-corrected chi connectivity index (χ2v) is 11.0. The molecule has 1 amide bonds. The highest BCUT2D eigenvalue weighted by Crippen LogP contribution is 2.38. The molecule has 1 unspecified atom stereocenters. The number of nitrogens with one attached hydrogen (secondary N) is 1. The van der Waals surface area contributed by atoms with E-state index in [1.165, 1.54) is 4.57 Å². The van der Waals surface area contributed by atoms with Gasteiger partial charge in [-0.1, -0.05) is 59.7 Å². The monoisotopic (exact) mass is 581 g/mol. The maximum atomic E-state index is 14.2. The molecule has 42 heavy (non-hydrogen) atoms. The Kier molecular flexibility index (Phi) is 8.13. The molecule has 2 heterocycles. The molecule has 1 aliphatic heterocycles. The lowest BCUT2D eigenvalue weighted by Gasteiger charge is -2.27. The molecule has 3 aromatic carbocycles. The van der Waals surface area contributed by atoms with Gasteiger partial charge in [0.1, 0.15) is 16.2 Å². The highest BCUT2D eigenvalue weighted by molar-refractivity contribution is 7.07. The number of amides is 1. The van der Waals surface area contributed by atoms with Gasteiger partial charge in [-0.05, 0) is 62.2 Å². The van der Waals surface area contributed by atoms with E-state index >= 15 is 0 Å². The Labute approximate surface area is 247 Å². The van der Waals surface area contributed by atoms with Crippen LogP contribution in [0.3, 0.4) is 0 Å². The van der Waals surface area contributed by atoms with Crippen LogP contribution in [-0.4, -0.2) is 30.2 Å². The quantitative estimate of drug-likeness (QED) is 0.323. The predicted molar refractivity (Wildman–Crippen MR) is 166 cm³/mol. The minimum Gasteiger partial charge on any atom is -0.497 e. The Hall–Kier alpha value is -4.89. The number of carbonyl (C=O) groups is 2. The third-order valence-corrected chi connectivity index (χ3v) is 8.13. The number of rotatable bonds is 7. The van der Waals surface area contributed by atoms with Gasteiger partial charge in [-0.25, -0.2) is 4.79 Å². The SMILES string of the molecule is CCOC(=O)C1=C(N)n2c(s/c(=C\c3ccc(C)cc3)c2=O)=C(C(=O)Nc2ccc(OC)cc2)C1c1ccc(C)cc1. The maximum absolute atomic E-state index is 14.2. The van der Waals surface area contributed by atoms with Crippen LogP contribution in [0.4, 0.5) is 5.69 Å². The van der Waals surface area contributed by atoms with Crippen molar-refractivity contribution in [2.45, 2.75) is 26.7 Å². The minimum atomic E-state index is -0.881. The number of fused-ring (bicyclic) bond motifs is 1. The highest BCUT2D eigenvalue weighted by atomic mass is 32.1. The third-order valence-electron chi connectivity index (χ3n) is 7.02. The largest absolute Gasteiger partial charge is 0.497 e. The number of thiazole rings is 1. The van der Waals surface area contributed by atoms with E-state index in [0.717, 1.165) is 28.0 Å². The van der Waals surface area contributed by atoms with Gasteiger partial charge in [0.2, 0.25) is 0 Å². The van der Waals surface area contributed by atoms with Crippen molar-refractivity contribution in [2.24, 2.45) is 5.73 Å². The minimum absolute atomic E-state index is 0.0369. The van der Waals surface area contributed by atoms with Crippen LogP contribution in [0.2, 0.25) is 0 Å². The summed E-state index contributed by atoms with van der Waals surface area (Å²) in [5.74, 6) is -1.47. The molecule has 5 rings (SSSR count). The number of hydrogen-bond acceptors (Lipinski definition) is 7. The van der Waals surface area contributed by atoms with Crippen LogP contribution in [0.15, 0.2) is 83.2 Å². The van der Waals surface area contributed by atoms with Gasteiger partial charge in [0, 0.05) is 5.69 Å². The molecule has 3 N–H and O–H groups in total. The standard InChI is InChI=1S/C33H31N3O5S/c1-5-41-33(39)27-26(22-12-8-20(3)9-13-22)28(30(37)35-23-14-16-24(40-4)17-15-23)32-36(29(27)34)31(38)25(42-32)18-21-10-6-19(2)7-11-21/h6-18,26H,5,34H2,1-4H3,(H,35,37)/b25-18-. The number of ether oxygens (including phenoxy) is 2. The maximum Gasteiger partial charge on any atom is 0.338 e. The first-order chi connectivity index (χ1) is 20.2. The molecule has 1 atom stereocenters. The fraction of sp³-hybridized carbons (Fsp3) is 0.182. The molecular weight excluding hydrogens is 550 g/mol. The number of aromatic nitrogens is 1. The van der Waals surface area contributed by atoms with Gasteiger partial charge < -0.3 is 20.5 Å². The van der Waals surface area contributed by atoms with Crippen molar-refractivity contribution >= 4 is 46.4 Å². The molecule has 9 heteroatoms. The number of carbonyl (C=O) groups excluding carboxylic acids is 2. The zero-order valence-electron chi connectivity index (χ0n) is 23.8. The molecule has 214 valence electrons. The van der Waals surface area contributed by atoms with E-state index in [2.05, 4.69) is 5.32 Å². The number of methoxy groups -OCH3 is 1. The number of hydrogen-bond donors (Lipinski definition) is 2. The highest BCUT2D eigenvalue weighted by Gasteiger charge is 2.39. The summed E-state index contributed by atoms with van der Waals surface area (Å²) in [6.07, 6.45) is 1.76. The average molecular weight is 582 g/mol. The van der Waals surface area contributed by atoms with Crippen molar-refractivity contribution < 1.29 is 19.1 Å². The van der Waals surface area contributed by atoms with Gasteiger partial charge in [0.05, 0.1) is 35.3 Å². The number of nitrogens with zero attached hydrogens (tertiary/aromatic N) is 1. The third kappa shape index (κ3) is 5.51. The van der Waals surface area contributed by atoms with Gasteiger partial charge >= 0.3 is 5.97 Å². The van der Waals surface area contributed by atoms with Crippen LogP contribution in [0.5, 0.6) is 5.75 Å². The molecule has 0 spiro atoms. The Bertz CT molecular complexity index is 1870. The summed E-state index contributed by atoms with van der Waals surface area (Å²) in [6, 6.07) is 22.2. The molecule has 1 aliphatic rings. The second-order valence-electron chi connectivity index (χ2n) is 9.93. The zero-order chi connectivity index (χ0) is 30.0. The van der Waals surface area contributed by atoms with E-state index in [-0.39, 0.29) is 23.6 Å². The average Bonchev–Trinajstić information content (AvgIpc) is 3.30. The lowest BCUT2D eigenvalue weighted by molar-refractivity contribution is -0.138.